The zero-order valence-corrected chi connectivity index (χ0v) is 19.7. The van der Waals surface area contributed by atoms with Gasteiger partial charge in [-0.25, -0.2) is 10.3 Å². The summed E-state index contributed by atoms with van der Waals surface area (Å²) in [6.45, 7) is 10.5. The molecular weight excluding hydrogens is 408 g/mol. The second kappa shape index (κ2) is 12.5. The Kier molecular flexibility index (Phi) is 10.1. The van der Waals surface area contributed by atoms with E-state index >= 15 is 0 Å². The lowest BCUT2D eigenvalue weighted by Gasteiger charge is -2.33. The van der Waals surface area contributed by atoms with Crippen LogP contribution in [0.1, 0.15) is 69.9 Å². The summed E-state index contributed by atoms with van der Waals surface area (Å²) in [6, 6.07) is 2.97. The van der Waals surface area contributed by atoms with E-state index in [1.54, 1.807) is 5.48 Å². The van der Waals surface area contributed by atoms with Crippen LogP contribution >= 0.6 is 0 Å². The number of carbonyl (C=O) groups is 1. The predicted molar refractivity (Wildman–Crippen MR) is 125 cm³/mol. The summed E-state index contributed by atoms with van der Waals surface area (Å²) in [6.07, 6.45) is 7.31. The molecule has 1 aliphatic carbocycles. The smallest absolute Gasteiger partial charge is 0.341 e. The Bertz CT molecular complexity index is 821. The number of ether oxygens (including phenoxy) is 2. The van der Waals surface area contributed by atoms with Gasteiger partial charge in [-0.05, 0) is 63.1 Å². The minimum Gasteiger partial charge on any atom is -0.507 e. The average molecular weight is 447 g/mol. The number of nitrogens with one attached hydrogen (secondary N) is 2. The molecule has 2 amide bonds. The van der Waals surface area contributed by atoms with Gasteiger partial charge < -0.3 is 14.6 Å². The van der Waals surface area contributed by atoms with E-state index in [9.17, 15) is 9.90 Å². The van der Waals surface area contributed by atoms with Crippen molar-refractivity contribution >= 4 is 6.03 Å². The average Bonchev–Trinajstić information content (AvgIpc) is 2.73. The van der Waals surface area contributed by atoms with Crippen molar-refractivity contribution in [1.29, 1.82) is 0 Å². The molecule has 7 nitrogen and oxygen atoms in total. The second-order valence-electron chi connectivity index (χ2n) is 8.66. The van der Waals surface area contributed by atoms with Gasteiger partial charge in [0.15, 0.2) is 6.23 Å². The van der Waals surface area contributed by atoms with Gasteiger partial charge in [-0.2, -0.15) is 0 Å². The normalized spacial score (nSPS) is 19.1. The fourth-order valence-corrected chi connectivity index (χ4v) is 4.32. The molecule has 4 N–H and O–H groups in total. The van der Waals surface area contributed by atoms with Crippen LogP contribution in [0.4, 0.5) is 4.79 Å². The van der Waals surface area contributed by atoms with E-state index in [0.717, 1.165) is 49.7 Å². The molecule has 0 saturated carbocycles. The Morgan fingerprint density at radius 1 is 1.34 bits per heavy atom. The fraction of sp³-hybridized carbons (Fsp3) is 0.560. The first-order valence-electron chi connectivity index (χ1n) is 11.3. The number of hydroxylamine groups is 1. The molecule has 0 fully saturated rings. The van der Waals surface area contributed by atoms with Crippen LogP contribution in [-0.4, -0.2) is 36.3 Å². The van der Waals surface area contributed by atoms with E-state index in [1.807, 2.05) is 19.1 Å². The first kappa shape index (κ1) is 25.7. The molecule has 7 heteroatoms. The monoisotopic (exact) mass is 446 g/mol. The minimum atomic E-state index is -0.854. The van der Waals surface area contributed by atoms with Crippen molar-refractivity contribution in [2.24, 2.45) is 5.92 Å². The van der Waals surface area contributed by atoms with Crippen LogP contribution in [0.3, 0.4) is 0 Å². The largest absolute Gasteiger partial charge is 0.507 e. The van der Waals surface area contributed by atoms with Crippen molar-refractivity contribution in [2.45, 2.75) is 71.4 Å². The first-order valence-corrected chi connectivity index (χ1v) is 11.3. The van der Waals surface area contributed by atoms with Crippen LogP contribution in [0.25, 0.3) is 0 Å². The minimum absolute atomic E-state index is 0.0666. The van der Waals surface area contributed by atoms with Crippen LogP contribution in [0.5, 0.6) is 11.5 Å². The first-order chi connectivity index (χ1) is 15.3. The topological polar surface area (TPSA) is 100 Å². The highest BCUT2D eigenvalue weighted by atomic mass is 16.5. The fourth-order valence-electron chi connectivity index (χ4n) is 4.32. The maximum absolute atomic E-state index is 11.7. The number of hydrogen-bond acceptors (Lipinski definition) is 5. The molecule has 1 aromatic rings. The molecule has 0 spiro atoms. The van der Waals surface area contributed by atoms with E-state index in [4.69, 9.17) is 14.7 Å². The van der Waals surface area contributed by atoms with Crippen LogP contribution in [0.2, 0.25) is 0 Å². The number of benzene rings is 1. The Balaban J connectivity index is 2.51. The van der Waals surface area contributed by atoms with E-state index in [0.29, 0.717) is 11.3 Å². The van der Waals surface area contributed by atoms with Gasteiger partial charge in [0, 0.05) is 18.6 Å². The molecule has 3 atom stereocenters. The molecule has 32 heavy (non-hydrogen) atoms. The van der Waals surface area contributed by atoms with Gasteiger partial charge >= 0.3 is 6.03 Å². The number of amides is 2. The van der Waals surface area contributed by atoms with Gasteiger partial charge in [0.25, 0.3) is 0 Å². The number of phenols is 1. The predicted octanol–water partition coefficient (Wildman–Crippen LogP) is 5.18. The molecule has 0 aliphatic heterocycles. The number of aromatic hydroxyl groups is 1. The summed E-state index contributed by atoms with van der Waals surface area (Å²) >= 11 is 0. The molecule has 1 unspecified atom stereocenters. The number of rotatable bonds is 11. The molecule has 1 aliphatic rings. The second-order valence-corrected chi connectivity index (χ2v) is 8.66. The van der Waals surface area contributed by atoms with Crippen molar-refractivity contribution in [3.05, 3.63) is 47.1 Å². The van der Waals surface area contributed by atoms with Crippen LogP contribution in [0.15, 0.2) is 35.9 Å². The maximum atomic E-state index is 11.7. The molecular formula is C25H38N2O5. The lowest BCUT2D eigenvalue weighted by molar-refractivity contribution is 0.0588. The van der Waals surface area contributed by atoms with Gasteiger partial charge in [0.05, 0.1) is 0 Å². The lowest BCUT2D eigenvalue weighted by atomic mass is 9.73. The number of hydrogen-bond donors (Lipinski definition) is 4. The van der Waals surface area contributed by atoms with E-state index in [1.165, 1.54) is 12.7 Å². The Morgan fingerprint density at radius 2 is 2.09 bits per heavy atom. The third-order valence-electron chi connectivity index (χ3n) is 5.94. The summed E-state index contributed by atoms with van der Waals surface area (Å²) in [5, 5.41) is 22.5. The van der Waals surface area contributed by atoms with Crippen molar-refractivity contribution in [2.75, 3.05) is 13.7 Å². The van der Waals surface area contributed by atoms with Gasteiger partial charge in [-0.1, -0.05) is 43.6 Å². The number of methoxy groups -OCH3 is 1. The van der Waals surface area contributed by atoms with Crippen molar-refractivity contribution in [3.63, 3.8) is 0 Å². The van der Waals surface area contributed by atoms with Crippen LogP contribution < -0.4 is 15.5 Å². The molecule has 0 saturated heterocycles. The van der Waals surface area contributed by atoms with Crippen molar-refractivity contribution in [1.82, 2.24) is 10.8 Å². The number of urea groups is 1. The highest BCUT2D eigenvalue weighted by Gasteiger charge is 2.31. The zero-order chi connectivity index (χ0) is 23.7. The van der Waals surface area contributed by atoms with Crippen LogP contribution in [0, 0.1) is 5.92 Å². The SMILES string of the molecule is C=C(C)[C@@H]1CCC(C)=C[C@H]1c1c(O)cc(CCCCC)cc1OC(COC)NC(=O)NO. The molecule has 0 radical (unpaired) electrons. The Hall–Kier alpha value is -2.51. The van der Waals surface area contributed by atoms with Gasteiger partial charge in [0.1, 0.15) is 18.1 Å². The van der Waals surface area contributed by atoms with Gasteiger partial charge in [-0.3, -0.25) is 10.5 Å². The Morgan fingerprint density at radius 3 is 2.72 bits per heavy atom. The molecule has 2 rings (SSSR count). The summed E-state index contributed by atoms with van der Waals surface area (Å²) in [5.74, 6) is 0.765. The molecule has 0 aromatic heterocycles. The number of phenolic OH excluding ortho intramolecular Hbond substituents is 1. The van der Waals surface area contributed by atoms with E-state index < -0.39 is 12.3 Å². The van der Waals surface area contributed by atoms with Gasteiger partial charge in [-0.15, -0.1) is 0 Å². The van der Waals surface area contributed by atoms with E-state index in [-0.39, 0.29) is 24.2 Å². The number of unbranched alkanes of at least 4 members (excludes halogenated alkanes) is 2. The standard InChI is InChI=1S/C25H38N2O5/c1-6-7-8-9-18-13-21(28)24(20-12-17(4)10-11-19(20)16(2)3)22(14-18)32-23(15-31-5)26-25(29)27-30/h12-14,19-20,23,28,30H,2,6-11,15H2,1,3-5H3,(H2,26,27,29)/t19-,20+,23?/m0/s1. The third kappa shape index (κ3) is 7.00. The molecule has 1 aromatic carbocycles. The van der Waals surface area contributed by atoms with Gasteiger partial charge in [0.2, 0.25) is 0 Å². The summed E-state index contributed by atoms with van der Waals surface area (Å²) in [7, 11) is 1.50. The summed E-state index contributed by atoms with van der Waals surface area (Å²) in [4.78, 5) is 11.7. The summed E-state index contributed by atoms with van der Waals surface area (Å²) in [5.41, 5.74) is 5.52. The lowest BCUT2D eigenvalue weighted by Crippen LogP contribution is -2.46. The maximum Gasteiger partial charge on any atom is 0.341 e. The number of allylic oxidation sites excluding steroid dienone is 3. The van der Waals surface area contributed by atoms with Crippen molar-refractivity contribution < 1.29 is 24.6 Å². The molecule has 0 bridgehead atoms. The zero-order valence-electron chi connectivity index (χ0n) is 19.7. The summed E-state index contributed by atoms with van der Waals surface area (Å²) < 4.78 is 11.4. The quantitative estimate of drug-likeness (QED) is 0.123. The Labute approximate surface area is 191 Å². The number of aryl methyl sites for hydroxylation is 1. The molecule has 178 valence electrons. The van der Waals surface area contributed by atoms with E-state index in [2.05, 4.69) is 31.8 Å². The highest BCUT2D eigenvalue weighted by molar-refractivity contribution is 5.72. The third-order valence-corrected chi connectivity index (χ3v) is 5.94. The van der Waals surface area contributed by atoms with Crippen LogP contribution in [-0.2, 0) is 11.2 Å². The molecule has 0 heterocycles. The number of carbonyl (C=O) groups excluding carboxylic acids is 1. The highest BCUT2D eigenvalue weighted by Crippen LogP contribution is 2.47. The van der Waals surface area contributed by atoms with Crippen molar-refractivity contribution in [3.8, 4) is 11.5 Å².